The molecule has 88 valence electrons. The van der Waals surface area contributed by atoms with E-state index in [1.54, 1.807) is 5.56 Å². The monoisotopic (exact) mass is 218 g/mol. The van der Waals surface area contributed by atoms with Crippen molar-refractivity contribution >= 4 is 5.69 Å². The van der Waals surface area contributed by atoms with E-state index in [0.717, 1.165) is 19.4 Å². The highest BCUT2D eigenvalue weighted by atomic mass is 15.1. The molecule has 2 rings (SSSR count). The molecule has 2 N–H and O–H groups in total. The van der Waals surface area contributed by atoms with Crippen LogP contribution in [0, 0.1) is 0 Å². The van der Waals surface area contributed by atoms with Gasteiger partial charge in [0, 0.05) is 18.8 Å². The SMILES string of the molecule is CCCN1CCc2c(CCCN)cccc21. The highest BCUT2D eigenvalue weighted by molar-refractivity contribution is 5.60. The molecule has 2 heteroatoms. The zero-order valence-electron chi connectivity index (χ0n) is 10.2. The van der Waals surface area contributed by atoms with E-state index in [4.69, 9.17) is 5.73 Å². The standard InChI is InChI=1S/C14H22N2/c1-2-10-16-11-8-13-12(6-4-9-15)5-3-7-14(13)16/h3,5,7H,2,4,6,8-11,15H2,1H3. The molecule has 1 aliphatic rings. The first-order valence-corrected chi connectivity index (χ1v) is 6.42. The number of rotatable bonds is 5. The average Bonchev–Trinajstić information content (AvgIpc) is 2.71. The van der Waals surface area contributed by atoms with E-state index in [2.05, 4.69) is 30.0 Å². The minimum absolute atomic E-state index is 0.794. The summed E-state index contributed by atoms with van der Waals surface area (Å²) >= 11 is 0. The predicted octanol–water partition coefficient (Wildman–Crippen LogP) is 2.35. The van der Waals surface area contributed by atoms with Gasteiger partial charge in [-0.25, -0.2) is 0 Å². The minimum Gasteiger partial charge on any atom is -0.371 e. The Morgan fingerprint density at radius 2 is 2.25 bits per heavy atom. The number of nitrogens with two attached hydrogens (primary N) is 1. The van der Waals surface area contributed by atoms with E-state index in [1.807, 2.05) is 0 Å². The molecule has 2 nitrogen and oxygen atoms in total. The largest absolute Gasteiger partial charge is 0.371 e. The van der Waals surface area contributed by atoms with Gasteiger partial charge in [0.1, 0.15) is 0 Å². The lowest BCUT2D eigenvalue weighted by molar-refractivity contribution is 0.794. The van der Waals surface area contributed by atoms with Crippen LogP contribution in [0.15, 0.2) is 18.2 Å². The van der Waals surface area contributed by atoms with Crippen LogP contribution >= 0.6 is 0 Å². The van der Waals surface area contributed by atoms with Crippen molar-refractivity contribution in [2.24, 2.45) is 5.73 Å². The van der Waals surface area contributed by atoms with Gasteiger partial charge in [-0.1, -0.05) is 19.1 Å². The Hall–Kier alpha value is -1.02. The first-order chi connectivity index (χ1) is 7.86. The summed E-state index contributed by atoms with van der Waals surface area (Å²) in [7, 11) is 0. The van der Waals surface area contributed by atoms with Crippen LogP contribution in [0.25, 0.3) is 0 Å². The van der Waals surface area contributed by atoms with Crippen LogP contribution in [-0.2, 0) is 12.8 Å². The molecule has 0 saturated heterocycles. The van der Waals surface area contributed by atoms with Crippen molar-refractivity contribution in [3.05, 3.63) is 29.3 Å². The molecule has 1 aromatic carbocycles. The number of anilines is 1. The Balaban J connectivity index is 2.18. The zero-order chi connectivity index (χ0) is 11.4. The quantitative estimate of drug-likeness (QED) is 0.822. The number of aryl methyl sites for hydroxylation is 1. The van der Waals surface area contributed by atoms with E-state index in [9.17, 15) is 0 Å². The number of nitrogens with zero attached hydrogens (tertiary/aromatic N) is 1. The molecular formula is C14H22N2. The molecule has 0 amide bonds. The predicted molar refractivity (Wildman–Crippen MR) is 70.0 cm³/mol. The van der Waals surface area contributed by atoms with Crippen LogP contribution in [-0.4, -0.2) is 19.6 Å². The molecule has 0 fully saturated rings. The first-order valence-electron chi connectivity index (χ1n) is 6.42. The van der Waals surface area contributed by atoms with Crippen molar-refractivity contribution in [1.29, 1.82) is 0 Å². The van der Waals surface area contributed by atoms with Gasteiger partial charge in [0.2, 0.25) is 0 Å². The summed E-state index contributed by atoms with van der Waals surface area (Å²) in [6.07, 6.45) is 4.69. The number of fused-ring (bicyclic) bond motifs is 1. The molecule has 0 atom stereocenters. The van der Waals surface area contributed by atoms with Gasteiger partial charge < -0.3 is 10.6 Å². The van der Waals surface area contributed by atoms with Gasteiger partial charge in [0.15, 0.2) is 0 Å². The lowest BCUT2D eigenvalue weighted by Gasteiger charge is -2.18. The second kappa shape index (κ2) is 5.35. The molecular weight excluding hydrogens is 196 g/mol. The van der Waals surface area contributed by atoms with E-state index in [0.29, 0.717) is 0 Å². The minimum atomic E-state index is 0.794. The molecule has 0 radical (unpaired) electrons. The molecule has 0 spiro atoms. The van der Waals surface area contributed by atoms with Gasteiger partial charge in [-0.05, 0) is 49.4 Å². The molecule has 0 bridgehead atoms. The summed E-state index contributed by atoms with van der Waals surface area (Å²) in [5.41, 5.74) is 10.1. The topological polar surface area (TPSA) is 29.3 Å². The summed E-state index contributed by atoms with van der Waals surface area (Å²) in [6.45, 7) is 5.43. The van der Waals surface area contributed by atoms with Crippen molar-refractivity contribution < 1.29 is 0 Å². The Bertz CT molecular complexity index is 347. The lowest BCUT2D eigenvalue weighted by Crippen LogP contribution is -2.20. The van der Waals surface area contributed by atoms with Crippen LogP contribution in [0.5, 0.6) is 0 Å². The van der Waals surface area contributed by atoms with Crippen molar-refractivity contribution in [1.82, 2.24) is 0 Å². The lowest BCUT2D eigenvalue weighted by atomic mass is 10.0. The third-order valence-electron chi connectivity index (χ3n) is 3.36. The second-order valence-corrected chi connectivity index (χ2v) is 4.54. The van der Waals surface area contributed by atoms with Crippen LogP contribution in [0.1, 0.15) is 30.9 Å². The van der Waals surface area contributed by atoms with Crippen molar-refractivity contribution in [2.45, 2.75) is 32.6 Å². The maximum absolute atomic E-state index is 5.59. The van der Waals surface area contributed by atoms with Gasteiger partial charge in [-0.2, -0.15) is 0 Å². The Kier molecular flexibility index (Phi) is 3.83. The van der Waals surface area contributed by atoms with Gasteiger partial charge in [-0.3, -0.25) is 0 Å². The van der Waals surface area contributed by atoms with E-state index in [-0.39, 0.29) is 0 Å². The number of hydrogen-bond donors (Lipinski definition) is 1. The fourth-order valence-corrected chi connectivity index (χ4v) is 2.60. The third kappa shape index (κ3) is 2.22. The highest BCUT2D eigenvalue weighted by Crippen LogP contribution is 2.31. The summed E-state index contributed by atoms with van der Waals surface area (Å²) in [4.78, 5) is 2.52. The summed E-state index contributed by atoms with van der Waals surface area (Å²) in [5, 5.41) is 0. The van der Waals surface area contributed by atoms with Gasteiger partial charge >= 0.3 is 0 Å². The zero-order valence-corrected chi connectivity index (χ0v) is 10.2. The molecule has 0 unspecified atom stereocenters. The van der Waals surface area contributed by atoms with Crippen LogP contribution in [0.4, 0.5) is 5.69 Å². The first kappa shape index (κ1) is 11.5. The van der Waals surface area contributed by atoms with Crippen molar-refractivity contribution in [3.63, 3.8) is 0 Å². The molecule has 1 aromatic rings. The maximum atomic E-state index is 5.59. The van der Waals surface area contributed by atoms with Crippen LogP contribution in [0.2, 0.25) is 0 Å². The molecule has 0 saturated carbocycles. The normalized spacial score (nSPS) is 14.2. The summed E-state index contributed by atoms with van der Waals surface area (Å²) < 4.78 is 0. The average molecular weight is 218 g/mol. The summed E-state index contributed by atoms with van der Waals surface area (Å²) in [5.74, 6) is 0. The smallest absolute Gasteiger partial charge is 0.0402 e. The Morgan fingerprint density at radius 1 is 1.38 bits per heavy atom. The van der Waals surface area contributed by atoms with Gasteiger partial charge in [-0.15, -0.1) is 0 Å². The van der Waals surface area contributed by atoms with E-state index >= 15 is 0 Å². The highest BCUT2D eigenvalue weighted by Gasteiger charge is 2.20. The second-order valence-electron chi connectivity index (χ2n) is 4.54. The van der Waals surface area contributed by atoms with Gasteiger partial charge in [0.05, 0.1) is 0 Å². The molecule has 0 aliphatic carbocycles. The fraction of sp³-hybridized carbons (Fsp3) is 0.571. The Labute approximate surface area is 98.4 Å². The molecule has 0 aromatic heterocycles. The summed E-state index contributed by atoms with van der Waals surface area (Å²) in [6, 6.07) is 6.73. The maximum Gasteiger partial charge on any atom is 0.0402 e. The van der Waals surface area contributed by atoms with E-state index in [1.165, 1.54) is 37.2 Å². The number of benzene rings is 1. The van der Waals surface area contributed by atoms with Crippen LogP contribution < -0.4 is 10.6 Å². The molecule has 1 aliphatic heterocycles. The van der Waals surface area contributed by atoms with Crippen LogP contribution in [0.3, 0.4) is 0 Å². The fourth-order valence-electron chi connectivity index (χ4n) is 2.60. The van der Waals surface area contributed by atoms with Crippen molar-refractivity contribution in [2.75, 3.05) is 24.5 Å². The molecule has 16 heavy (non-hydrogen) atoms. The third-order valence-corrected chi connectivity index (χ3v) is 3.36. The Morgan fingerprint density at radius 3 is 3.00 bits per heavy atom. The number of hydrogen-bond acceptors (Lipinski definition) is 2. The molecule has 1 heterocycles. The van der Waals surface area contributed by atoms with Gasteiger partial charge in [0.25, 0.3) is 0 Å². The van der Waals surface area contributed by atoms with E-state index < -0.39 is 0 Å². The van der Waals surface area contributed by atoms with Crippen molar-refractivity contribution in [3.8, 4) is 0 Å².